The summed E-state index contributed by atoms with van der Waals surface area (Å²) in [5.41, 5.74) is 0.446. The van der Waals surface area contributed by atoms with Crippen LogP contribution in [-0.2, 0) is 0 Å². The molecule has 23 heavy (non-hydrogen) atoms. The Labute approximate surface area is 140 Å². The zero-order chi connectivity index (χ0) is 16.8. The third kappa shape index (κ3) is 5.04. The number of anilines is 1. The predicted octanol–water partition coefficient (Wildman–Crippen LogP) is 4.10. The molecule has 0 bridgehead atoms. The molecular formula is C14H12ClF2N3O2S. The van der Waals surface area contributed by atoms with E-state index in [0.29, 0.717) is 10.8 Å². The molecule has 0 aliphatic carbocycles. The summed E-state index contributed by atoms with van der Waals surface area (Å²) in [6.07, 6.45) is 1.36. The predicted molar refractivity (Wildman–Crippen MR) is 84.5 cm³/mol. The molecule has 1 N–H and O–H groups in total. The van der Waals surface area contributed by atoms with Crippen molar-refractivity contribution in [1.82, 2.24) is 9.97 Å². The topological polar surface area (TPSA) is 64.1 Å². The van der Waals surface area contributed by atoms with Gasteiger partial charge < -0.3 is 10.1 Å². The zero-order valence-electron chi connectivity index (χ0n) is 11.9. The lowest BCUT2D eigenvalue weighted by atomic mass is 10.3. The minimum absolute atomic E-state index is 0.000278. The van der Waals surface area contributed by atoms with E-state index in [9.17, 15) is 13.6 Å². The third-order valence-corrected chi connectivity index (χ3v) is 3.57. The highest BCUT2D eigenvalue weighted by atomic mass is 35.5. The number of nitrogens with zero attached hydrogens (tertiary/aromatic N) is 2. The van der Waals surface area contributed by atoms with Gasteiger partial charge in [-0.3, -0.25) is 4.79 Å². The molecule has 0 saturated carbocycles. The van der Waals surface area contributed by atoms with E-state index in [0.717, 1.165) is 5.75 Å². The first-order valence-corrected chi connectivity index (χ1v) is 7.87. The van der Waals surface area contributed by atoms with Crippen LogP contribution in [0.1, 0.15) is 17.4 Å². The highest BCUT2D eigenvalue weighted by Crippen LogP contribution is 2.21. The Bertz CT molecular complexity index is 686. The van der Waals surface area contributed by atoms with E-state index < -0.39 is 12.5 Å². The number of hydrogen-bond acceptors (Lipinski definition) is 5. The monoisotopic (exact) mass is 359 g/mol. The molecule has 0 saturated heterocycles. The molecule has 2 rings (SSSR count). The van der Waals surface area contributed by atoms with Crippen LogP contribution in [0.15, 0.2) is 35.6 Å². The Morgan fingerprint density at radius 3 is 2.70 bits per heavy atom. The minimum atomic E-state index is -2.90. The molecule has 0 unspecified atom stereocenters. The number of rotatable bonds is 6. The molecule has 0 aliphatic heterocycles. The number of halogens is 3. The molecule has 9 heteroatoms. The van der Waals surface area contributed by atoms with Gasteiger partial charge in [-0.2, -0.15) is 8.78 Å². The number of hydrogen-bond donors (Lipinski definition) is 1. The fourth-order valence-electron chi connectivity index (χ4n) is 1.62. The standard InChI is InChI=1S/C14H12ClF2N3O2S/c1-2-23-14-18-7-10(15)11(20-14)12(21)19-8-3-5-9(6-4-8)22-13(16)17/h3-7,13H,2H2,1H3,(H,19,21). The molecule has 1 amide bonds. The number of aromatic nitrogens is 2. The normalized spacial score (nSPS) is 10.7. The van der Waals surface area contributed by atoms with E-state index >= 15 is 0 Å². The maximum absolute atomic E-state index is 12.2. The van der Waals surface area contributed by atoms with E-state index in [1.807, 2.05) is 6.92 Å². The van der Waals surface area contributed by atoms with Crippen LogP contribution in [0.2, 0.25) is 5.02 Å². The SMILES string of the molecule is CCSc1ncc(Cl)c(C(=O)Nc2ccc(OC(F)F)cc2)n1. The molecule has 1 aromatic carbocycles. The van der Waals surface area contributed by atoms with Crippen LogP contribution in [0.3, 0.4) is 0 Å². The van der Waals surface area contributed by atoms with Gasteiger partial charge in [-0.1, -0.05) is 30.3 Å². The summed E-state index contributed by atoms with van der Waals surface area (Å²) in [6.45, 7) is -0.962. The molecule has 0 spiro atoms. The molecule has 0 fully saturated rings. The smallest absolute Gasteiger partial charge is 0.387 e. The van der Waals surface area contributed by atoms with Crippen LogP contribution in [0.5, 0.6) is 5.75 Å². The van der Waals surface area contributed by atoms with Gasteiger partial charge in [0.05, 0.1) is 11.2 Å². The Morgan fingerprint density at radius 1 is 1.39 bits per heavy atom. The van der Waals surface area contributed by atoms with Crippen molar-refractivity contribution < 1.29 is 18.3 Å². The van der Waals surface area contributed by atoms with E-state index in [-0.39, 0.29) is 16.5 Å². The largest absolute Gasteiger partial charge is 0.435 e. The Morgan fingerprint density at radius 2 is 2.09 bits per heavy atom. The molecule has 0 atom stereocenters. The summed E-state index contributed by atoms with van der Waals surface area (Å²) < 4.78 is 28.4. The number of nitrogens with one attached hydrogen (secondary N) is 1. The second-order valence-electron chi connectivity index (χ2n) is 4.14. The summed E-state index contributed by atoms with van der Waals surface area (Å²) in [7, 11) is 0. The Kier molecular flexibility index (Phi) is 6.12. The minimum Gasteiger partial charge on any atom is -0.435 e. The van der Waals surface area contributed by atoms with Crippen molar-refractivity contribution in [1.29, 1.82) is 0 Å². The van der Waals surface area contributed by atoms with Gasteiger partial charge >= 0.3 is 6.61 Å². The Balaban J connectivity index is 2.11. The molecule has 122 valence electrons. The van der Waals surface area contributed by atoms with Crippen LogP contribution in [-0.4, -0.2) is 28.2 Å². The average Bonchev–Trinajstić information content (AvgIpc) is 2.51. The van der Waals surface area contributed by atoms with Gasteiger partial charge in [0, 0.05) is 5.69 Å². The Hall–Kier alpha value is -1.93. The van der Waals surface area contributed by atoms with Gasteiger partial charge in [0.15, 0.2) is 10.9 Å². The van der Waals surface area contributed by atoms with Crippen molar-refractivity contribution in [2.24, 2.45) is 0 Å². The van der Waals surface area contributed by atoms with Gasteiger partial charge in [-0.15, -0.1) is 0 Å². The molecule has 1 aromatic heterocycles. The van der Waals surface area contributed by atoms with Crippen LogP contribution in [0.25, 0.3) is 0 Å². The van der Waals surface area contributed by atoms with Crippen molar-refractivity contribution in [3.8, 4) is 5.75 Å². The van der Waals surface area contributed by atoms with Gasteiger partial charge in [-0.25, -0.2) is 9.97 Å². The average molecular weight is 360 g/mol. The van der Waals surface area contributed by atoms with Crippen molar-refractivity contribution in [3.63, 3.8) is 0 Å². The first-order chi connectivity index (χ1) is 11.0. The number of alkyl halides is 2. The van der Waals surface area contributed by atoms with E-state index in [1.54, 1.807) is 0 Å². The first-order valence-electron chi connectivity index (χ1n) is 6.51. The fraction of sp³-hybridized carbons (Fsp3) is 0.214. The van der Waals surface area contributed by atoms with Crippen molar-refractivity contribution in [2.45, 2.75) is 18.7 Å². The third-order valence-electron chi connectivity index (χ3n) is 2.55. The summed E-state index contributed by atoms with van der Waals surface area (Å²) >= 11 is 7.32. The number of carbonyl (C=O) groups is 1. The quantitative estimate of drug-likeness (QED) is 0.621. The van der Waals surface area contributed by atoms with E-state index in [4.69, 9.17) is 11.6 Å². The summed E-state index contributed by atoms with van der Waals surface area (Å²) in [4.78, 5) is 20.3. The molecule has 0 radical (unpaired) electrons. The molecule has 0 aliphatic rings. The zero-order valence-corrected chi connectivity index (χ0v) is 13.5. The highest BCUT2D eigenvalue weighted by molar-refractivity contribution is 7.99. The van der Waals surface area contributed by atoms with Gasteiger partial charge in [0.25, 0.3) is 5.91 Å². The highest BCUT2D eigenvalue weighted by Gasteiger charge is 2.15. The van der Waals surface area contributed by atoms with Crippen molar-refractivity contribution in [2.75, 3.05) is 11.1 Å². The van der Waals surface area contributed by atoms with Crippen LogP contribution in [0.4, 0.5) is 14.5 Å². The van der Waals surface area contributed by atoms with Crippen LogP contribution in [0, 0.1) is 0 Å². The molecule has 2 aromatic rings. The molecule has 5 nitrogen and oxygen atoms in total. The number of ether oxygens (including phenoxy) is 1. The fourth-order valence-corrected chi connectivity index (χ4v) is 2.34. The second kappa shape index (κ2) is 8.07. The molecular weight excluding hydrogens is 348 g/mol. The number of thioether (sulfide) groups is 1. The van der Waals surface area contributed by atoms with Gasteiger partial charge in [-0.05, 0) is 30.0 Å². The van der Waals surface area contributed by atoms with Gasteiger partial charge in [0.2, 0.25) is 0 Å². The summed E-state index contributed by atoms with van der Waals surface area (Å²) in [5, 5.41) is 3.16. The number of amides is 1. The second-order valence-corrected chi connectivity index (χ2v) is 5.78. The van der Waals surface area contributed by atoms with Crippen LogP contribution < -0.4 is 10.1 Å². The van der Waals surface area contributed by atoms with Crippen molar-refractivity contribution >= 4 is 35.0 Å². The lowest BCUT2D eigenvalue weighted by molar-refractivity contribution is -0.0498. The lowest BCUT2D eigenvalue weighted by Gasteiger charge is -2.08. The maximum atomic E-state index is 12.2. The van der Waals surface area contributed by atoms with E-state index in [1.165, 1.54) is 42.2 Å². The maximum Gasteiger partial charge on any atom is 0.387 e. The molecule has 1 heterocycles. The summed E-state index contributed by atoms with van der Waals surface area (Å²) in [6, 6.07) is 5.52. The van der Waals surface area contributed by atoms with Gasteiger partial charge in [0.1, 0.15) is 5.75 Å². The lowest BCUT2D eigenvalue weighted by Crippen LogP contribution is -2.15. The van der Waals surface area contributed by atoms with Crippen LogP contribution >= 0.6 is 23.4 Å². The number of carbonyl (C=O) groups excluding carboxylic acids is 1. The van der Waals surface area contributed by atoms with E-state index in [2.05, 4.69) is 20.0 Å². The van der Waals surface area contributed by atoms with Crippen molar-refractivity contribution in [3.05, 3.63) is 41.2 Å². The summed E-state index contributed by atoms with van der Waals surface area (Å²) in [5.74, 6) is 0.242. The first kappa shape index (κ1) is 17.4. The number of benzene rings is 1.